The molecule has 9 heteroatoms. The van der Waals surface area contributed by atoms with Crippen LogP contribution in [0.2, 0.25) is 5.02 Å². The Balaban J connectivity index is 2.07. The van der Waals surface area contributed by atoms with E-state index in [4.69, 9.17) is 16.3 Å². The number of nitrogens with zero attached hydrogens (tertiary/aromatic N) is 1. The minimum atomic E-state index is -1.23. The Morgan fingerprint density at radius 2 is 1.59 bits per heavy atom. The molecule has 0 heterocycles. The van der Waals surface area contributed by atoms with Gasteiger partial charge in [-0.15, -0.1) is 0 Å². The van der Waals surface area contributed by atoms with Gasteiger partial charge >= 0.3 is 6.09 Å². The Morgan fingerprint density at radius 3 is 2.20 bits per heavy atom. The number of para-hydroxylation sites is 2. The average Bonchev–Trinajstić information content (AvgIpc) is 2.90. The van der Waals surface area contributed by atoms with Crippen molar-refractivity contribution in [2.24, 2.45) is 0 Å². The van der Waals surface area contributed by atoms with Crippen molar-refractivity contribution >= 4 is 35.2 Å². The number of anilines is 1. The lowest BCUT2D eigenvalue weighted by Gasteiger charge is -2.34. The lowest BCUT2D eigenvalue weighted by Crippen LogP contribution is -2.53. The molecule has 3 rings (SSSR count). The van der Waals surface area contributed by atoms with E-state index >= 15 is 0 Å². The van der Waals surface area contributed by atoms with E-state index in [2.05, 4.69) is 10.6 Å². The Bertz CT molecular complexity index is 1370. The molecule has 3 aromatic carbocycles. The first-order valence-electron chi connectivity index (χ1n) is 13.5. The number of nitrogens with one attached hydrogen (secondary N) is 2. The molecule has 0 spiro atoms. The Morgan fingerprint density at radius 1 is 0.951 bits per heavy atom. The van der Waals surface area contributed by atoms with Crippen LogP contribution in [0, 0.1) is 13.8 Å². The van der Waals surface area contributed by atoms with Gasteiger partial charge in [-0.25, -0.2) is 4.79 Å². The zero-order valence-electron chi connectivity index (χ0n) is 24.3. The van der Waals surface area contributed by atoms with Gasteiger partial charge in [-0.1, -0.05) is 72.3 Å². The number of phenols is 1. The fourth-order valence-corrected chi connectivity index (χ4v) is 4.77. The number of aromatic hydroxyl groups is 1. The van der Waals surface area contributed by atoms with Gasteiger partial charge in [-0.3, -0.25) is 9.59 Å². The summed E-state index contributed by atoms with van der Waals surface area (Å²) in [6, 6.07) is 17.2. The third kappa shape index (κ3) is 8.24. The van der Waals surface area contributed by atoms with Crippen molar-refractivity contribution in [3.05, 3.63) is 94.0 Å². The number of amides is 3. The van der Waals surface area contributed by atoms with Crippen LogP contribution in [-0.2, 0) is 20.7 Å². The van der Waals surface area contributed by atoms with Gasteiger partial charge in [-0.2, -0.15) is 0 Å². The highest BCUT2D eigenvalue weighted by Gasteiger charge is 2.37. The highest BCUT2D eigenvalue weighted by molar-refractivity contribution is 6.34. The van der Waals surface area contributed by atoms with E-state index in [0.717, 1.165) is 11.1 Å². The lowest BCUT2D eigenvalue weighted by atomic mass is 9.98. The maximum absolute atomic E-state index is 14.2. The van der Waals surface area contributed by atoms with Crippen LogP contribution in [0.15, 0.2) is 66.7 Å². The minimum Gasteiger partial charge on any atom is -0.507 e. The molecule has 218 valence electrons. The molecule has 0 aliphatic carbocycles. The predicted molar refractivity (Wildman–Crippen MR) is 161 cm³/mol. The number of carbonyl (C=O) groups is 3. The van der Waals surface area contributed by atoms with Crippen LogP contribution in [0.25, 0.3) is 0 Å². The van der Waals surface area contributed by atoms with Crippen molar-refractivity contribution in [1.29, 1.82) is 0 Å². The van der Waals surface area contributed by atoms with Crippen LogP contribution in [-0.4, -0.2) is 46.1 Å². The Labute approximate surface area is 246 Å². The molecule has 0 aromatic heterocycles. The molecule has 0 saturated carbocycles. The van der Waals surface area contributed by atoms with Crippen molar-refractivity contribution in [3.8, 4) is 5.75 Å². The smallest absolute Gasteiger partial charge is 0.408 e. The second kappa shape index (κ2) is 13.5. The molecule has 3 N–H and O–H groups in total. The van der Waals surface area contributed by atoms with Crippen molar-refractivity contribution in [3.63, 3.8) is 0 Å². The molecule has 41 heavy (non-hydrogen) atoms. The maximum Gasteiger partial charge on any atom is 0.408 e. The third-order valence-electron chi connectivity index (χ3n) is 6.49. The van der Waals surface area contributed by atoms with Gasteiger partial charge in [0.15, 0.2) is 0 Å². The van der Waals surface area contributed by atoms with Crippen LogP contribution in [0.3, 0.4) is 0 Å². The van der Waals surface area contributed by atoms with Crippen LogP contribution in [0.1, 0.15) is 56.0 Å². The number of carbonyl (C=O) groups excluding carboxylic acids is 3. The number of likely N-dealkylation sites (N-methyl/N-ethyl adjacent to an activating group) is 1. The molecule has 2 unspecified atom stereocenters. The summed E-state index contributed by atoms with van der Waals surface area (Å²) in [5.74, 6) is -1.18. The number of alkyl carbamates (subject to hydrolysis) is 1. The van der Waals surface area contributed by atoms with Gasteiger partial charge in [-0.05, 0) is 64.3 Å². The van der Waals surface area contributed by atoms with E-state index in [1.165, 1.54) is 4.90 Å². The number of rotatable bonds is 9. The Hall–Kier alpha value is -4.04. The van der Waals surface area contributed by atoms with Crippen LogP contribution in [0.5, 0.6) is 5.75 Å². The van der Waals surface area contributed by atoms with Gasteiger partial charge in [0.25, 0.3) is 5.91 Å². The first kappa shape index (κ1) is 31.5. The largest absolute Gasteiger partial charge is 0.507 e. The van der Waals surface area contributed by atoms with E-state index in [0.29, 0.717) is 16.3 Å². The van der Waals surface area contributed by atoms with Crippen molar-refractivity contribution in [2.75, 3.05) is 11.9 Å². The molecule has 2 atom stereocenters. The zero-order valence-corrected chi connectivity index (χ0v) is 25.1. The number of benzene rings is 3. The molecule has 3 aromatic rings. The molecule has 0 aliphatic heterocycles. The van der Waals surface area contributed by atoms with E-state index < -0.39 is 35.6 Å². The maximum atomic E-state index is 14.2. The highest BCUT2D eigenvalue weighted by atomic mass is 35.5. The highest BCUT2D eigenvalue weighted by Crippen LogP contribution is 2.34. The monoisotopic (exact) mass is 579 g/mol. The average molecular weight is 580 g/mol. The van der Waals surface area contributed by atoms with Crippen LogP contribution >= 0.6 is 11.6 Å². The standard InChI is InChI=1S/C32H38ClN3O5/c1-7-36(30(39)25(19-22-15-9-8-10-16-22)34-31(40)41-32(4,5)6)27(23-17-11-14-21(3)28(23)37)29(38)35-26-20(2)13-12-18-24(26)33/h8-18,25,27,37H,7,19H2,1-6H3,(H,34,40)(H,35,38). The summed E-state index contributed by atoms with van der Waals surface area (Å²) in [5, 5.41) is 16.9. The van der Waals surface area contributed by atoms with E-state index in [1.54, 1.807) is 65.0 Å². The molecule has 0 aliphatic rings. The molecule has 3 amide bonds. The SMILES string of the molecule is CCN(C(=O)C(Cc1ccccc1)NC(=O)OC(C)(C)C)C(C(=O)Nc1c(C)cccc1Cl)c1cccc(C)c1O. The number of hydrogen-bond donors (Lipinski definition) is 3. The second-order valence-corrected chi connectivity index (χ2v) is 11.3. The molecule has 0 fully saturated rings. The van der Waals surface area contributed by atoms with E-state index in [-0.39, 0.29) is 24.3 Å². The van der Waals surface area contributed by atoms with E-state index in [9.17, 15) is 19.5 Å². The first-order chi connectivity index (χ1) is 19.3. The van der Waals surface area contributed by atoms with Crippen LogP contribution in [0.4, 0.5) is 10.5 Å². The zero-order chi connectivity index (χ0) is 30.3. The minimum absolute atomic E-state index is 0.102. The summed E-state index contributed by atoms with van der Waals surface area (Å²) in [6.07, 6.45) is -0.596. The topological polar surface area (TPSA) is 108 Å². The summed E-state index contributed by atoms with van der Waals surface area (Å²) in [6.45, 7) is 10.6. The number of hydrogen-bond acceptors (Lipinski definition) is 5. The summed E-state index contributed by atoms with van der Waals surface area (Å²) < 4.78 is 5.45. The van der Waals surface area contributed by atoms with Gasteiger partial charge in [0.1, 0.15) is 23.4 Å². The summed E-state index contributed by atoms with van der Waals surface area (Å²) in [7, 11) is 0. The number of ether oxygens (including phenoxy) is 1. The number of aryl methyl sites for hydroxylation is 2. The molecule has 0 radical (unpaired) electrons. The fraction of sp³-hybridized carbons (Fsp3) is 0.344. The van der Waals surface area contributed by atoms with Crippen LogP contribution < -0.4 is 10.6 Å². The van der Waals surface area contributed by atoms with E-state index in [1.807, 2.05) is 43.3 Å². The number of halogens is 1. The lowest BCUT2D eigenvalue weighted by molar-refractivity contribution is -0.140. The summed E-state index contributed by atoms with van der Waals surface area (Å²) in [5.41, 5.74) is 1.97. The Kier molecular flexibility index (Phi) is 10.4. The second-order valence-electron chi connectivity index (χ2n) is 10.8. The molecule has 0 bridgehead atoms. The van der Waals surface area contributed by atoms with Crippen molar-refractivity contribution in [1.82, 2.24) is 10.2 Å². The molecule has 8 nitrogen and oxygen atoms in total. The normalized spacial score (nSPS) is 12.7. The quantitative estimate of drug-likeness (QED) is 0.275. The summed E-state index contributed by atoms with van der Waals surface area (Å²) in [4.78, 5) is 42.4. The third-order valence-corrected chi connectivity index (χ3v) is 6.80. The molecular formula is C32H38ClN3O5. The number of phenolic OH excluding ortho intramolecular Hbond substituents is 1. The molecular weight excluding hydrogens is 542 g/mol. The predicted octanol–water partition coefficient (Wildman–Crippen LogP) is 6.33. The van der Waals surface area contributed by atoms with Gasteiger partial charge in [0, 0.05) is 18.5 Å². The fourth-order valence-electron chi connectivity index (χ4n) is 4.50. The van der Waals surface area contributed by atoms with Gasteiger partial charge in [0.2, 0.25) is 5.91 Å². The van der Waals surface area contributed by atoms with Crippen molar-refractivity contribution in [2.45, 2.75) is 65.6 Å². The van der Waals surface area contributed by atoms with Crippen molar-refractivity contribution < 1.29 is 24.2 Å². The first-order valence-corrected chi connectivity index (χ1v) is 13.9. The molecule has 0 saturated heterocycles. The van der Waals surface area contributed by atoms with Gasteiger partial charge < -0.3 is 25.4 Å². The van der Waals surface area contributed by atoms with Gasteiger partial charge in [0.05, 0.1) is 10.7 Å². The summed E-state index contributed by atoms with van der Waals surface area (Å²) >= 11 is 6.40.